The fourth-order valence-electron chi connectivity index (χ4n) is 3.58. The van der Waals surface area contributed by atoms with Crippen molar-refractivity contribution in [1.82, 2.24) is 30.3 Å². The van der Waals surface area contributed by atoms with E-state index < -0.39 is 0 Å². The molecule has 0 saturated carbocycles. The number of aromatic nitrogens is 3. The van der Waals surface area contributed by atoms with Gasteiger partial charge in [0.05, 0.1) is 11.7 Å². The molecule has 150 valence electrons. The molecule has 0 bridgehead atoms. The summed E-state index contributed by atoms with van der Waals surface area (Å²) in [7, 11) is 2.15. The van der Waals surface area contributed by atoms with Gasteiger partial charge in [0, 0.05) is 50.4 Å². The van der Waals surface area contributed by atoms with Gasteiger partial charge in [-0.3, -0.25) is 14.8 Å². The maximum absolute atomic E-state index is 12.7. The Hall–Kier alpha value is -3.03. The van der Waals surface area contributed by atoms with Gasteiger partial charge in [0.15, 0.2) is 5.65 Å². The molecular weight excluding hydrogens is 364 g/mol. The smallest absolute Gasteiger partial charge is 0.244 e. The molecule has 1 aliphatic heterocycles. The van der Waals surface area contributed by atoms with Gasteiger partial charge in [0.25, 0.3) is 0 Å². The Morgan fingerprint density at radius 3 is 2.76 bits per heavy atom. The van der Waals surface area contributed by atoms with Crippen LogP contribution >= 0.6 is 0 Å². The average molecular weight is 390 g/mol. The number of aromatic amines is 1. The van der Waals surface area contributed by atoms with E-state index in [1.54, 1.807) is 18.3 Å². The van der Waals surface area contributed by atoms with Gasteiger partial charge in [-0.05, 0) is 30.8 Å². The van der Waals surface area contributed by atoms with Crippen LogP contribution in [0.25, 0.3) is 17.1 Å². The number of piperazine rings is 1. The van der Waals surface area contributed by atoms with Crippen LogP contribution < -0.4 is 5.32 Å². The molecule has 1 aliphatic rings. The van der Waals surface area contributed by atoms with E-state index in [2.05, 4.69) is 49.5 Å². The normalized spacial score (nSPS) is 17.0. The Labute approximate surface area is 170 Å². The van der Waals surface area contributed by atoms with E-state index in [1.807, 2.05) is 30.3 Å². The molecule has 0 spiro atoms. The first-order valence-electron chi connectivity index (χ1n) is 9.92. The number of rotatable bonds is 6. The molecule has 7 nitrogen and oxygen atoms in total. The molecule has 2 aromatic heterocycles. The van der Waals surface area contributed by atoms with E-state index in [-0.39, 0.29) is 11.9 Å². The molecule has 0 radical (unpaired) electrons. The van der Waals surface area contributed by atoms with Crippen molar-refractivity contribution in [2.45, 2.75) is 6.04 Å². The molecule has 1 atom stereocenters. The lowest BCUT2D eigenvalue weighted by Crippen LogP contribution is -2.47. The van der Waals surface area contributed by atoms with Gasteiger partial charge >= 0.3 is 0 Å². The van der Waals surface area contributed by atoms with Gasteiger partial charge in [0.2, 0.25) is 5.91 Å². The summed E-state index contributed by atoms with van der Waals surface area (Å²) in [5.41, 5.74) is 2.53. The fourth-order valence-corrected chi connectivity index (χ4v) is 3.58. The number of amides is 1. The highest BCUT2D eigenvalue weighted by molar-refractivity contribution is 5.94. The van der Waals surface area contributed by atoms with Crippen LogP contribution in [-0.4, -0.2) is 70.7 Å². The summed E-state index contributed by atoms with van der Waals surface area (Å²) in [6.45, 7) is 4.93. The maximum atomic E-state index is 12.7. The van der Waals surface area contributed by atoms with Crippen molar-refractivity contribution in [3.8, 4) is 0 Å². The van der Waals surface area contributed by atoms with Gasteiger partial charge in [-0.1, -0.05) is 30.3 Å². The molecule has 3 heterocycles. The van der Waals surface area contributed by atoms with Crippen molar-refractivity contribution < 1.29 is 4.79 Å². The number of pyridine rings is 1. The predicted molar refractivity (Wildman–Crippen MR) is 114 cm³/mol. The third-order valence-corrected chi connectivity index (χ3v) is 5.32. The number of hydrogen-bond acceptors (Lipinski definition) is 5. The molecule has 0 unspecified atom stereocenters. The largest absolute Gasteiger partial charge is 0.344 e. The van der Waals surface area contributed by atoms with Crippen molar-refractivity contribution in [3.63, 3.8) is 0 Å². The summed E-state index contributed by atoms with van der Waals surface area (Å²) in [6, 6.07) is 13.9. The molecule has 0 aliphatic carbocycles. The Morgan fingerprint density at radius 2 is 1.97 bits per heavy atom. The van der Waals surface area contributed by atoms with Gasteiger partial charge in [0.1, 0.15) is 0 Å². The lowest BCUT2D eigenvalue weighted by atomic mass is 10.1. The number of fused-ring (bicyclic) bond motifs is 1. The molecule has 29 heavy (non-hydrogen) atoms. The molecule has 4 rings (SSSR count). The van der Waals surface area contributed by atoms with Gasteiger partial charge in [-0.2, -0.15) is 5.10 Å². The highest BCUT2D eigenvalue weighted by atomic mass is 16.1. The van der Waals surface area contributed by atoms with Gasteiger partial charge in [-0.15, -0.1) is 0 Å². The first-order chi connectivity index (χ1) is 14.2. The Kier molecular flexibility index (Phi) is 5.97. The number of benzene rings is 1. The zero-order valence-electron chi connectivity index (χ0n) is 16.6. The van der Waals surface area contributed by atoms with Crippen LogP contribution in [0.3, 0.4) is 0 Å². The van der Waals surface area contributed by atoms with E-state index in [9.17, 15) is 4.79 Å². The Morgan fingerprint density at radius 1 is 1.17 bits per heavy atom. The SMILES string of the molecule is CN1CCN(C[C@@H](NC(=O)C=Cc2[nH]nc3ncccc23)c2ccccc2)CC1. The third kappa shape index (κ3) is 4.88. The van der Waals surface area contributed by atoms with Gasteiger partial charge in [-0.25, -0.2) is 4.98 Å². The highest BCUT2D eigenvalue weighted by Gasteiger charge is 2.20. The number of carbonyl (C=O) groups is 1. The number of hydrogen-bond donors (Lipinski definition) is 2. The van der Waals surface area contributed by atoms with E-state index in [1.165, 1.54) is 0 Å². The molecule has 1 amide bonds. The number of H-pyrrole nitrogens is 1. The minimum atomic E-state index is -0.125. The summed E-state index contributed by atoms with van der Waals surface area (Å²) in [5, 5.41) is 11.2. The minimum absolute atomic E-state index is 0.0584. The van der Waals surface area contributed by atoms with E-state index in [4.69, 9.17) is 0 Å². The lowest BCUT2D eigenvalue weighted by Gasteiger charge is -2.34. The summed E-state index contributed by atoms with van der Waals surface area (Å²) in [4.78, 5) is 21.6. The van der Waals surface area contributed by atoms with Crippen molar-refractivity contribution in [2.24, 2.45) is 0 Å². The molecule has 3 aromatic rings. The quantitative estimate of drug-likeness (QED) is 0.630. The molecule has 1 saturated heterocycles. The third-order valence-electron chi connectivity index (χ3n) is 5.32. The molecule has 1 fully saturated rings. The Balaban J connectivity index is 1.45. The van der Waals surface area contributed by atoms with E-state index >= 15 is 0 Å². The number of likely N-dealkylation sites (N-methyl/N-ethyl adjacent to an activating group) is 1. The van der Waals surface area contributed by atoms with Crippen LogP contribution in [0.5, 0.6) is 0 Å². The summed E-state index contributed by atoms with van der Waals surface area (Å²) < 4.78 is 0. The second-order valence-corrected chi connectivity index (χ2v) is 7.42. The van der Waals surface area contributed by atoms with Crippen LogP contribution in [0, 0.1) is 0 Å². The van der Waals surface area contributed by atoms with Crippen LogP contribution in [0.15, 0.2) is 54.7 Å². The number of nitrogens with zero attached hydrogens (tertiary/aromatic N) is 4. The summed E-state index contributed by atoms with van der Waals surface area (Å²) in [5.74, 6) is -0.125. The number of carbonyl (C=O) groups excluding carboxylic acids is 1. The second-order valence-electron chi connectivity index (χ2n) is 7.42. The predicted octanol–water partition coefficient (Wildman–Crippen LogP) is 2.08. The first-order valence-corrected chi connectivity index (χ1v) is 9.92. The molecule has 2 N–H and O–H groups in total. The molecular formula is C22H26N6O. The number of nitrogens with one attached hydrogen (secondary N) is 2. The van der Waals surface area contributed by atoms with Crippen LogP contribution in [0.1, 0.15) is 17.3 Å². The zero-order chi connectivity index (χ0) is 20.1. The van der Waals surface area contributed by atoms with Crippen molar-refractivity contribution in [3.05, 3.63) is 66.0 Å². The van der Waals surface area contributed by atoms with Crippen molar-refractivity contribution >= 4 is 23.0 Å². The monoisotopic (exact) mass is 390 g/mol. The van der Waals surface area contributed by atoms with Crippen molar-refractivity contribution in [2.75, 3.05) is 39.8 Å². The topological polar surface area (TPSA) is 77.1 Å². The second kappa shape index (κ2) is 8.98. The fraction of sp³-hybridized carbons (Fsp3) is 0.318. The highest BCUT2D eigenvalue weighted by Crippen LogP contribution is 2.17. The lowest BCUT2D eigenvalue weighted by molar-refractivity contribution is -0.117. The van der Waals surface area contributed by atoms with E-state index in [0.29, 0.717) is 5.65 Å². The standard InChI is InChI=1S/C22H26N6O/c1-27-12-14-28(15-13-27)16-20(17-6-3-2-4-7-17)24-21(29)10-9-19-18-8-5-11-23-22(18)26-25-19/h2-11,20H,12-16H2,1H3,(H,24,29)(H,23,25,26)/t20-/m1/s1. The molecule has 7 heteroatoms. The average Bonchev–Trinajstić information content (AvgIpc) is 3.17. The summed E-state index contributed by atoms with van der Waals surface area (Å²) >= 11 is 0. The van der Waals surface area contributed by atoms with E-state index in [0.717, 1.165) is 49.4 Å². The maximum Gasteiger partial charge on any atom is 0.244 e. The zero-order valence-corrected chi connectivity index (χ0v) is 16.6. The summed E-state index contributed by atoms with van der Waals surface area (Å²) in [6.07, 6.45) is 5.01. The minimum Gasteiger partial charge on any atom is -0.344 e. The Bertz CT molecular complexity index is 975. The molecule has 1 aromatic carbocycles. The van der Waals surface area contributed by atoms with Gasteiger partial charge < -0.3 is 10.2 Å². The van der Waals surface area contributed by atoms with Crippen molar-refractivity contribution in [1.29, 1.82) is 0 Å². The van der Waals surface area contributed by atoms with Crippen LogP contribution in [-0.2, 0) is 4.79 Å². The first kappa shape index (κ1) is 19.3. The van der Waals surface area contributed by atoms with Crippen LogP contribution in [0.2, 0.25) is 0 Å². The van der Waals surface area contributed by atoms with Crippen LogP contribution in [0.4, 0.5) is 0 Å².